The number of hydrogen-bond acceptors (Lipinski definition) is 2. The summed E-state index contributed by atoms with van der Waals surface area (Å²) < 4.78 is 29.5. The van der Waals surface area contributed by atoms with Crippen molar-refractivity contribution < 1.29 is 8.78 Å². The van der Waals surface area contributed by atoms with Crippen LogP contribution >= 0.6 is 0 Å². The number of anilines is 1. The molecular formula is C16H13F2N3. The van der Waals surface area contributed by atoms with E-state index in [4.69, 9.17) is 5.73 Å². The van der Waals surface area contributed by atoms with E-state index < -0.39 is 11.6 Å². The number of rotatable bonds is 2. The second-order valence-electron chi connectivity index (χ2n) is 4.70. The maximum Gasteiger partial charge on any atom is 0.135 e. The van der Waals surface area contributed by atoms with Gasteiger partial charge in [0.1, 0.15) is 23.1 Å². The molecule has 3 nitrogen and oxygen atoms in total. The van der Waals surface area contributed by atoms with E-state index in [9.17, 15) is 8.78 Å². The molecule has 0 amide bonds. The Balaban J connectivity index is 2.33. The first-order chi connectivity index (χ1) is 10.1. The average Bonchev–Trinajstić information content (AvgIpc) is 2.75. The first kappa shape index (κ1) is 13.3. The Kier molecular flexibility index (Phi) is 3.17. The molecule has 0 saturated heterocycles. The highest BCUT2D eigenvalue weighted by Gasteiger charge is 2.22. The maximum absolute atomic E-state index is 14.0. The van der Waals surface area contributed by atoms with Gasteiger partial charge in [-0.1, -0.05) is 36.4 Å². The molecule has 0 unspecified atom stereocenters. The highest BCUT2D eigenvalue weighted by atomic mass is 19.1. The molecule has 0 spiro atoms. The fraction of sp³-hybridized carbons (Fsp3) is 0.0625. The van der Waals surface area contributed by atoms with E-state index >= 15 is 0 Å². The standard InChI is InChI=1S/C16H13F2N3/c1-21-16(19)13(10-6-3-2-4-7-10)15(20-21)14-11(17)8-5-9-12(14)18/h2-9H,19H2,1H3. The average molecular weight is 285 g/mol. The van der Waals surface area contributed by atoms with Crippen LogP contribution in [0.25, 0.3) is 22.4 Å². The minimum absolute atomic E-state index is 0.163. The van der Waals surface area contributed by atoms with Gasteiger partial charge in [0.05, 0.1) is 11.1 Å². The summed E-state index contributed by atoms with van der Waals surface area (Å²) in [6.07, 6.45) is 0. The summed E-state index contributed by atoms with van der Waals surface area (Å²) in [4.78, 5) is 0. The van der Waals surface area contributed by atoms with Gasteiger partial charge in [-0.2, -0.15) is 5.10 Å². The highest BCUT2D eigenvalue weighted by Crippen LogP contribution is 2.37. The van der Waals surface area contributed by atoms with Gasteiger partial charge >= 0.3 is 0 Å². The van der Waals surface area contributed by atoms with Gasteiger partial charge in [-0.3, -0.25) is 4.68 Å². The Labute approximate surface area is 120 Å². The van der Waals surface area contributed by atoms with Crippen molar-refractivity contribution in [3.8, 4) is 22.4 Å². The van der Waals surface area contributed by atoms with Gasteiger partial charge in [0, 0.05) is 7.05 Å². The number of aryl methyl sites for hydroxylation is 1. The zero-order valence-corrected chi connectivity index (χ0v) is 11.3. The van der Waals surface area contributed by atoms with Crippen LogP contribution in [0, 0.1) is 11.6 Å². The summed E-state index contributed by atoms with van der Waals surface area (Å²) >= 11 is 0. The number of halogens is 2. The van der Waals surface area contributed by atoms with Crippen LogP contribution in [0.3, 0.4) is 0 Å². The van der Waals surface area contributed by atoms with E-state index in [1.807, 2.05) is 30.3 Å². The number of nitrogens with zero attached hydrogens (tertiary/aromatic N) is 2. The lowest BCUT2D eigenvalue weighted by Gasteiger charge is -2.06. The van der Waals surface area contributed by atoms with Crippen molar-refractivity contribution in [1.82, 2.24) is 9.78 Å². The van der Waals surface area contributed by atoms with Gasteiger partial charge in [0.2, 0.25) is 0 Å². The van der Waals surface area contributed by atoms with E-state index in [-0.39, 0.29) is 11.3 Å². The summed E-state index contributed by atoms with van der Waals surface area (Å²) in [6, 6.07) is 12.9. The summed E-state index contributed by atoms with van der Waals surface area (Å²) in [5.74, 6) is -0.964. The fourth-order valence-electron chi connectivity index (χ4n) is 2.33. The smallest absolute Gasteiger partial charge is 0.135 e. The predicted octanol–water partition coefficient (Wildman–Crippen LogP) is 3.61. The molecule has 1 aromatic heterocycles. The van der Waals surface area contributed by atoms with Gasteiger partial charge < -0.3 is 5.73 Å². The lowest BCUT2D eigenvalue weighted by molar-refractivity contribution is 0.588. The molecule has 5 heteroatoms. The van der Waals surface area contributed by atoms with Crippen molar-refractivity contribution in [2.75, 3.05) is 5.73 Å². The number of hydrogen-bond donors (Lipinski definition) is 1. The molecule has 1 heterocycles. The first-order valence-corrected chi connectivity index (χ1v) is 6.42. The number of nitrogen functional groups attached to an aromatic ring is 1. The number of benzene rings is 2. The van der Waals surface area contributed by atoms with Gasteiger partial charge in [-0.25, -0.2) is 8.78 Å². The van der Waals surface area contributed by atoms with E-state index in [1.165, 1.54) is 22.9 Å². The lowest BCUT2D eigenvalue weighted by Crippen LogP contribution is -1.97. The molecule has 0 atom stereocenters. The normalized spacial score (nSPS) is 10.8. The van der Waals surface area contributed by atoms with Gasteiger partial charge in [0.15, 0.2) is 0 Å². The largest absolute Gasteiger partial charge is 0.383 e. The monoisotopic (exact) mass is 285 g/mol. The molecule has 0 bridgehead atoms. The van der Waals surface area contributed by atoms with Gasteiger partial charge in [0.25, 0.3) is 0 Å². The molecule has 3 rings (SSSR count). The van der Waals surface area contributed by atoms with Crippen LogP contribution in [0.2, 0.25) is 0 Å². The molecule has 106 valence electrons. The van der Waals surface area contributed by atoms with E-state index in [1.54, 1.807) is 7.05 Å². The predicted molar refractivity (Wildman–Crippen MR) is 78.4 cm³/mol. The van der Waals surface area contributed by atoms with E-state index in [0.717, 1.165) is 5.56 Å². The highest BCUT2D eigenvalue weighted by molar-refractivity contribution is 5.88. The fourth-order valence-corrected chi connectivity index (χ4v) is 2.33. The van der Waals surface area contributed by atoms with Crippen LogP contribution in [0.4, 0.5) is 14.6 Å². The van der Waals surface area contributed by atoms with Crippen LogP contribution in [0.15, 0.2) is 48.5 Å². The van der Waals surface area contributed by atoms with Gasteiger partial charge in [-0.15, -0.1) is 0 Å². The Hall–Kier alpha value is -2.69. The van der Waals surface area contributed by atoms with Crippen molar-refractivity contribution in [2.24, 2.45) is 7.05 Å². The number of aromatic nitrogens is 2. The van der Waals surface area contributed by atoms with Gasteiger partial charge in [-0.05, 0) is 17.7 Å². The van der Waals surface area contributed by atoms with Crippen LogP contribution in [0.1, 0.15) is 0 Å². The van der Waals surface area contributed by atoms with Crippen molar-refractivity contribution in [3.05, 3.63) is 60.2 Å². The molecule has 0 aliphatic carbocycles. The second-order valence-corrected chi connectivity index (χ2v) is 4.70. The number of nitrogens with two attached hydrogens (primary N) is 1. The molecule has 0 radical (unpaired) electrons. The molecule has 0 fully saturated rings. The van der Waals surface area contributed by atoms with E-state index in [2.05, 4.69) is 5.10 Å². The van der Waals surface area contributed by atoms with Crippen LogP contribution in [0.5, 0.6) is 0 Å². The molecule has 0 aliphatic rings. The second kappa shape index (κ2) is 5.01. The molecule has 21 heavy (non-hydrogen) atoms. The third-order valence-corrected chi connectivity index (χ3v) is 3.35. The van der Waals surface area contributed by atoms with Crippen LogP contribution in [-0.2, 0) is 7.05 Å². The molecule has 0 aliphatic heterocycles. The molecular weight excluding hydrogens is 272 g/mol. The Morgan fingerprint density at radius 2 is 1.52 bits per heavy atom. The summed E-state index contributed by atoms with van der Waals surface area (Å²) in [6.45, 7) is 0. The third kappa shape index (κ3) is 2.16. The zero-order valence-electron chi connectivity index (χ0n) is 11.3. The molecule has 2 N–H and O–H groups in total. The van der Waals surface area contributed by atoms with E-state index in [0.29, 0.717) is 11.4 Å². The minimum Gasteiger partial charge on any atom is -0.383 e. The minimum atomic E-state index is -0.662. The maximum atomic E-state index is 14.0. The summed E-state index contributed by atoms with van der Waals surface area (Å²) in [7, 11) is 1.64. The first-order valence-electron chi connectivity index (χ1n) is 6.42. The van der Waals surface area contributed by atoms with Crippen LogP contribution < -0.4 is 5.73 Å². The van der Waals surface area contributed by atoms with Crippen LogP contribution in [-0.4, -0.2) is 9.78 Å². The van der Waals surface area contributed by atoms with Crippen molar-refractivity contribution in [1.29, 1.82) is 0 Å². The Morgan fingerprint density at radius 1 is 0.905 bits per heavy atom. The topological polar surface area (TPSA) is 43.8 Å². The molecule has 2 aromatic carbocycles. The zero-order chi connectivity index (χ0) is 15.0. The molecule has 3 aromatic rings. The quantitative estimate of drug-likeness (QED) is 0.781. The Bertz CT molecular complexity index is 775. The summed E-state index contributed by atoms with van der Waals surface area (Å²) in [5, 5.41) is 4.19. The summed E-state index contributed by atoms with van der Waals surface area (Å²) in [5.41, 5.74) is 7.36. The third-order valence-electron chi connectivity index (χ3n) is 3.35. The van der Waals surface area contributed by atoms with Crippen molar-refractivity contribution in [2.45, 2.75) is 0 Å². The SMILES string of the molecule is Cn1nc(-c2c(F)cccc2F)c(-c2ccccc2)c1N. The Morgan fingerprint density at radius 3 is 2.14 bits per heavy atom. The lowest BCUT2D eigenvalue weighted by atomic mass is 10.00. The molecule has 0 saturated carbocycles. The van der Waals surface area contributed by atoms with Crippen molar-refractivity contribution in [3.63, 3.8) is 0 Å². The van der Waals surface area contributed by atoms with Crippen molar-refractivity contribution >= 4 is 5.82 Å².